The highest BCUT2D eigenvalue weighted by molar-refractivity contribution is 7.21. The Labute approximate surface area is 192 Å². The maximum Gasteiger partial charge on any atom is 0.265 e. The lowest BCUT2D eigenvalue weighted by molar-refractivity contribution is 0.0893. The molecule has 4 aromatic carbocycles. The molecular formula is C26H15ClN2O2S. The van der Waals surface area contributed by atoms with E-state index in [1.807, 2.05) is 30.3 Å². The second-order valence-electron chi connectivity index (χ2n) is 7.81. The second-order valence-corrected chi connectivity index (χ2v) is 9.24. The van der Waals surface area contributed by atoms with Crippen LogP contribution in [0, 0.1) is 6.92 Å². The Hall–Kier alpha value is -3.54. The molecule has 0 bridgehead atoms. The Kier molecular flexibility index (Phi) is 4.18. The molecular weight excluding hydrogens is 440 g/mol. The number of benzene rings is 4. The van der Waals surface area contributed by atoms with Gasteiger partial charge >= 0.3 is 0 Å². The summed E-state index contributed by atoms with van der Waals surface area (Å²) in [5.41, 5.74) is 4.58. The quantitative estimate of drug-likeness (QED) is 0.273. The topological polar surface area (TPSA) is 50.3 Å². The SMILES string of the molecule is Cc1ccc2nc(-c3ccc(N4C(=O)c5cccc6c(Cl)ccc(c56)C4=O)cc3)sc2c1. The molecule has 0 unspecified atom stereocenters. The van der Waals surface area contributed by atoms with E-state index in [2.05, 4.69) is 13.0 Å². The fraction of sp³-hybridized carbons (Fsp3) is 0.0385. The van der Waals surface area contributed by atoms with Gasteiger partial charge in [-0.3, -0.25) is 9.59 Å². The molecule has 0 atom stereocenters. The zero-order valence-corrected chi connectivity index (χ0v) is 18.5. The Morgan fingerprint density at radius 2 is 1.62 bits per heavy atom. The number of aryl methyl sites for hydroxylation is 1. The van der Waals surface area contributed by atoms with Crippen molar-refractivity contribution in [2.75, 3.05) is 4.90 Å². The number of imide groups is 1. The number of aromatic nitrogens is 1. The van der Waals surface area contributed by atoms with E-state index in [-0.39, 0.29) is 11.8 Å². The van der Waals surface area contributed by atoms with Crippen molar-refractivity contribution in [3.63, 3.8) is 0 Å². The van der Waals surface area contributed by atoms with Crippen LogP contribution in [0.3, 0.4) is 0 Å². The highest BCUT2D eigenvalue weighted by Gasteiger charge is 2.34. The molecule has 154 valence electrons. The molecule has 32 heavy (non-hydrogen) atoms. The summed E-state index contributed by atoms with van der Waals surface area (Å²) in [5, 5.41) is 2.75. The number of hydrogen-bond acceptors (Lipinski definition) is 4. The first-order chi connectivity index (χ1) is 15.5. The Morgan fingerprint density at radius 1 is 0.875 bits per heavy atom. The third kappa shape index (κ3) is 2.79. The summed E-state index contributed by atoms with van der Waals surface area (Å²) in [5.74, 6) is -0.697. The van der Waals surface area contributed by atoms with Gasteiger partial charge in [0, 0.05) is 32.5 Å². The monoisotopic (exact) mass is 454 g/mol. The van der Waals surface area contributed by atoms with Crippen LogP contribution in [0.25, 0.3) is 31.6 Å². The lowest BCUT2D eigenvalue weighted by Crippen LogP contribution is -2.40. The minimum atomic E-state index is -0.349. The van der Waals surface area contributed by atoms with E-state index < -0.39 is 0 Å². The van der Waals surface area contributed by atoms with Crippen molar-refractivity contribution in [1.82, 2.24) is 4.98 Å². The Morgan fingerprint density at radius 3 is 2.41 bits per heavy atom. The number of anilines is 1. The van der Waals surface area contributed by atoms with E-state index in [1.165, 1.54) is 10.5 Å². The fourth-order valence-electron chi connectivity index (χ4n) is 4.20. The van der Waals surface area contributed by atoms with E-state index >= 15 is 0 Å². The number of hydrogen-bond donors (Lipinski definition) is 0. The first kappa shape index (κ1) is 19.2. The average molecular weight is 455 g/mol. The Bertz CT molecular complexity index is 1570. The predicted molar refractivity (Wildman–Crippen MR) is 130 cm³/mol. The molecule has 0 fully saturated rings. The van der Waals surface area contributed by atoms with Crippen LogP contribution in [0.2, 0.25) is 5.02 Å². The van der Waals surface area contributed by atoms with E-state index in [9.17, 15) is 9.59 Å². The molecule has 1 aliphatic rings. The molecule has 0 aliphatic carbocycles. The van der Waals surface area contributed by atoms with Crippen LogP contribution in [0.15, 0.2) is 72.8 Å². The van der Waals surface area contributed by atoms with Gasteiger partial charge in [-0.2, -0.15) is 0 Å². The largest absolute Gasteiger partial charge is 0.268 e. The predicted octanol–water partition coefficient (Wildman–Crippen LogP) is 6.88. The Balaban J connectivity index is 1.41. The van der Waals surface area contributed by atoms with Crippen LogP contribution in [-0.4, -0.2) is 16.8 Å². The van der Waals surface area contributed by atoms with Gasteiger partial charge in [0.1, 0.15) is 5.01 Å². The number of carbonyl (C=O) groups excluding carboxylic acids is 2. The van der Waals surface area contributed by atoms with E-state index in [4.69, 9.17) is 16.6 Å². The zero-order chi connectivity index (χ0) is 22.0. The number of halogens is 1. The van der Waals surface area contributed by atoms with E-state index in [0.29, 0.717) is 32.6 Å². The number of thiazole rings is 1. The first-order valence-electron chi connectivity index (χ1n) is 10.1. The molecule has 6 heteroatoms. The standard InChI is InChI=1S/C26H15ClN2O2S/c1-14-5-12-21-22(13-14)32-24(28-21)15-6-8-16(9-7-15)29-25(30)18-4-2-3-17-20(27)11-10-19(23(17)18)26(29)31/h2-13H,1H3. The van der Waals surface area contributed by atoms with Crippen LogP contribution in [0.1, 0.15) is 26.3 Å². The van der Waals surface area contributed by atoms with Gasteiger partial charge in [-0.05, 0) is 67.1 Å². The highest BCUT2D eigenvalue weighted by atomic mass is 35.5. The number of rotatable bonds is 2. The molecule has 0 N–H and O–H groups in total. The van der Waals surface area contributed by atoms with Gasteiger partial charge in [0.25, 0.3) is 11.8 Å². The molecule has 0 radical (unpaired) electrons. The molecule has 1 aliphatic heterocycles. The number of nitrogens with zero attached hydrogens (tertiary/aromatic N) is 2. The number of amides is 2. The van der Waals surface area contributed by atoms with Gasteiger partial charge in [-0.1, -0.05) is 29.8 Å². The smallest absolute Gasteiger partial charge is 0.265 e. The lowest BCUT2D eigenvalue weighted by atomic mass is 9.93. The van der Waals surface area contributed by atoms with Crippen LogP contribution in [-0.2, 0) is 0 Å². The minimum Gasteiger partial charge on any atom is -0.268 e. The summed E-state index contributed by atoms with van der Waals surface area (Å²) < 4.78 is 1.13. The van der Waals surface area contributed by atoms with Crippen LogP contribution >= 0.6 is 22.9 Å². The van der Waals surface area contributed by atoms with Crippen LogP contribution < -0.4 is 4.90 Å². The molecule has 2 heterocycles. The van der Waals surface area contributed by atoms with Gasteiger partial charge in [0.05, 0.1) is 15.9 Å². The maximum atomic E-state index is 13.3. The van der Waals surface area contributed by atoms with Crippen molar-refractivity contribution < 1.29 is 9.59 Å². The van der Waals surface area contributed by atoms with Crippen LogP contribution in [0.5, 0.6) is 0 Å². The molecule has 6 rings (SSSR count). The molecule has 2 amide bonds. The van der Waals surface area contributed by atoms with E-state index in [0.717, 1.165) is 20.8 Å². The second kappa shape index (κ2) is 6.99. The molecule has 5 aromatic rings. The number of fused-ring (bicyclic) bond motifs is 1. The first-order valence-corrected chi connectivity index (χ1v) is 11.3. The molecule has 0 saturated heterocycles. The summed E-state index contributed by atoms with van der Waals surface area (Å²) in [6.07, 6.45) is 0. The van der Waals surface area contributed by atoms with Crippen LogP contribution in [0.4, 0.5) is 5.69 Å². The molecule has 0 spiro atoms. The fourth-order valence-corrected chi connectivity index (χ4v) is 5.49. The van der Waals surface area contributed by atoms with Crippen molar-refractivity contribution in [3.05, 3.63) is 94.5 Å². The van der Waals surface area contributed by atoms with Gasteiger partial charge in [-0.25, -0.2) is 9.88 Å². The maximum absolute atomic E-state index is 13.3. The van der Waals surface area contributed by atoms with Crippen molar-refractivity contribution in [1.29, 1.82) is 0 Å². The third-order valence-electron chi connectivity index (χ3n) is 5.77. The summed E-state index contributed by atoms with van der Waals surface area (Å²) in [4.78, 5) is 32.5. The zero-order valence-electron chi connectivity index (χ0n) is 16.9. The molecule has 1 aromatic heterocycles. The van der Waals surface area contributed by atoms with Crippen molar-refractivity contribution in [3.8, 4) is 10.6 Å². The molecule has 0 saturated carbocycles. The normalized spacial score (nSPS) is 13.4. The van der Waals surface area contributed by atoms with Gasteiger partial charge in [0.2, 0.25) is 0 Å². The number of carbonyl (C=O) groups is 2. The summed E-state index contributed by atoms with van der Waals surface area (Å²) in [6.45, 7) is 2.06. The van der Waals surface area contributed by atoms with Gasteiger partial charge < -0.3 is 0 Å². The summed E-state index contributed by atoms with van der Waals surface area (Å²) in [7, 11) is 0. The van der Waals surface area contributed by atoms with Crippen molar-refractivity contribution in [2.45, 2.75) is 6.92 Å². The summed E-state index contributed by atoms with van der Waals surface area (Å²) >= 11 is 7.93. The van der Waals surface area contributed by atoms with Crippen molar-refractivity contribution >= 4 is 61.4 Å². The highest BCUT2D eigenvalue weighted by Crippen LogP contribution is 2.37. The lowest BCUT2D eigenvalue weighted by Gasteiger charge is -2.27. The van der Waals surface area contributed by atoms with Crippen molar-refractivity contribution in [2.24, 2.45) is 0 Å². The average Bonchev–Trinajstić information content (AvgIpc) is 3.22. The van der Waals surface area contributed by atoms with Gasteiger partial charge in [-0.15, -0.1) is 11.3 Å². The minimum absolute atomic E-state index is 0.349. The van der Waals surface area contributed by atoms with E-state index in [1.54, 1.807) is 47.7 Å². The summed E-state index contributed by atoms with van der Waals surface area (Å²) in [6, 6.07) is 22.3. The molecule has 4 nitrogen and oxygen atoms in total. The van der Waals surface area contributed by atoms with Gasteiger partial charge in [0.15, 0.2) is 0 Å². The third-order valence-corrected chi connectivity index (χ3v) is 7.17.